The SMILES string of the molecule is COCCCC(=O)Nc1ccc(S(=O)(=O)N[C@H](C)[C@@H]2C[C@H]3CC[C@H]2C3)cc1. The Morgan fingerprint density at radius 3 is 2.56 bits per heavy atom. The molecule has 6 nitrogen and oxygen atoms in total. The maximum atomic E-state index is 12.7. The number of benzene rings is 1. The number of sulfonamides is 1. The Balaban J connectivity index is 1.56. The maximum Gasteiger partial charge on any atom is 0.240 e. The highest BCUT2D eigenvalue weighted by Crippen LogP contribution is 2.49. The molecule has 150 valence electrons. The molecule has 27 heavy (non-hydrogen) atoms. The van der Waals surface area contributed by atoms with E-state index in [1.54, 1.807) is 31.4 Å². The number of fused-ring (bicyclic) bond motifs is 2. The van der Waals surface area contributed by atoms with E-state index in [9.17, 15) is 13.2 Å². The minimum absolute atomic E-state index is 0.0505. The van der Waals surface area contributed by atoms with Gasteiger partial charge in [0.25, 0.3) is 0 Å². The van der Waals surface area contributed by atoms with Crippen molar-refractivity contribution in [3.8, 4) is 0 Å². The Morgan fingerprint density at radius 2 is 1.96 bits per heavy atom. The molecule has 7 heteroatoms. The van der Waals surface area contributed by atoms with Gasteiger partial charge in [0, 0.05) is 31.9 Å². The van der Waals surface area contributed by atoms with Gasteiger partial charge in [-0.1, -0.05) is 6.42 Å². The van der Waals surface area contributed by atoms with Crippen molar-refractivity contribution in [2.75, 3.05) is 19.0 Å². The van der Waals surface area contributed by atoms with Gasteiger partial charge in [-0.15, -0.1) is 0 Å². The van der Waals surface area contributed by atoms with Crippen LogP contribution in [0.1, 0.15) is 45.4 Å². The van der Waals surface area contributed by atoms with E-state index in [1.165, 1.54) is 19.3 Å². The van der Waals surface area contributed by atoms with E-state index in [-0.39, 0.29) is 16.8 Å². The van der Waals surface area contributed by atoms with Gasteiger partial charge in [0.1, 0.15) is 0 Å². The summed E-state index contributed by atoms with van der Waals surface area (Å²) in [4.78, 5) is 12.1. The summed E-state index contributed by atoms with van der Waals surface area (Å²) in [5, 5.41) is 2.77. The van der Waals surface area contributed by atoms with E-state index >= 15 is 0 Å². The van der Waals surface area contributed by atoms with Crippen molar-refractivity contribution in [2.45, 2.75) is 56.4 Å². The second kappa shape index (κ2) is 8.71. The van der Waals surface area contributed by atoms with Gasteiger partial charge in [-0.05, 0) is 74.6 Å². The Hall–Kier alpha value is -1.44. The molecular weight excluding hydrogens is 364 g/mol. The van der Waals surface area contributed by atoms with Crippen LogP contribution >= 0.6 is 0 Å². The van der Waals surface area contributed by atoms with Crippen molar-refractivity contribution in [1.29, 1.82) is 0 Å². The third kappa shape index (κ3) is 5.09. The Bertz CT molecular complexity index is 748. The molecule has 2 bridgehead atoms. The number of anilines is 1. The fourth-order valence-electron chi connectivity index (χ4n) is 4.62. The fraction of sp³-hybridized carbons (Fsp3) is 0.650. The summed E-state index contributed by atoms with van der Waals surface area (Å²) >= 11 is 0. The molecule has 2 saturated carbocycles. The van der Waals surface area contributed by atoms with E-state index in [0.717, 1.165) is 12.3 Å². The van der Waals surface area contributed by atoms with Gasteiger partial charge in [0.05, 0.1) is 4.90 Å². The summed E-state index contributed by atoms with van der Waals surface area (Å²) in [6, 6.07) is 6.29. The van der Waals surface area contributed by atoms with Gasteiger partial charge in [0.2, 0.25) is 15.9 Å². The summed E-state index contributed by atoms with van der Waals surface area (Å²) in [5.41, 5.74) is 0.595. The molecule has 4 atom stereocenters. The third-order valence-electron chi connectivity index (χ3n) is 5.98. The molecule has 0 heterocycles. The van der Waals surface area contributed by atoms with Crippen molar-refractivity contribution >= 4 is 21.6 Å². The topological polar surface area (TPSA) is 84.5 Å². The van der Waals surface area contributed by atoms with Crippen molar-refractivity contribution in [3.63, 3.8) is 0 Å². The molecule has 0 aromatic heterocycles. The number of rotatable bonds is 9. The number of methoxy groups -OCH3 is 1. The van der Waals surface area contributed by atoms with Crippen LogP contribution in [0.4, 0.5) is 5.69 Å². The predicted octanol–water partition coefficient (Wildman–Crippen LogP) is 3.15. The molecule has 0 saturated heterocycles. The van der Waals surface area contributed by atoms with Crippen molar-refractivity contribution in [1.82, 2.24) is 4.72 Å². The van der Waals surface area contributed by atoms with Gasteiger partial charge >= 0.3 is 0 Å². The first-order chi connectivity index (χ1) is 12.9. The molecule has 1 amide bonds. The van der Waals surface area contributed by atoms with Crippen molar-refractivity contribution < 1.29 is 17.9 Å². The highest BCUT2D eigenvalue weighted by Gasteiger charge is 2.42. The number of ether oxygens (including phenoxy) is 1. The lowest BCUT2D eigenvalue weighted by atomic mass is 9.84. The molecule has 2 N–H and O–H groups in total. The van der Waals surface area contributed by atoms with Gasteiger partial charge < -0.3 is 10.1 Å². The number of amides is 1. The largest absolute Gasteiger partial charge is 0.385 e. The molecule has 2 fully saturated rings. The second-order valence-electron chi connectivity index (χ2n) is 7.92. The van der Waals surface area contributed by atoms with E-state index in [0.29, 0.717) is 37.0 Å². The summed E-state index contributed by atoms with van der Waals surface area (Å²) in [6.45, 7) is 2.52. The van der Waals surface area contributed by atoms with Crippen LogP contribution in [0.25, 0.3) is 0 Å². The number of hydrogen-bond acceptors (Lipinski definition) is 4. The Morgan fingerprint density at radius 1 is 1.22 bits per heavy atom. The van der Waals surface area contributed by atoms with Crippen LogP contribution in [0.3, 0.4) is 0 Å². The van der Waals surface area contributed by atoms with Gasteiger partial charge in [-0.2, -0.15) is 0 Å². The fourth-order valence-corrected chi connectivity index (χ4v) is 5.92. The van der Waals surface area contributed by atoms with Crippen LogP contribution < -0.4 is 10.0 Å². The third-order valence-corrected chi connectivity index (χ3v) is 7.55. The first kappa shape index (κ1) is 20.3. The standard InChI is InChI=1S/C20H30N2O4S/c1-14(19-13-15-5-6-16(19)12-15)22-27(24,25)18-9-7-17(8-10-18)21-20(23)4-3-11-26-2/h7-10,14-16,19,22H,3-6,11-13H2,1-2H3,(H,21,23)/t14-,15+,16+,19+/m1/s1. The predicted molar refractivity (Wildman–Crippen MR) is 105 cm³/mol. The first-order valence-electron chi connectivity index (χ1n) is 9.80. The van der Waals surface area contributed by atoms with Gasteiger partial charge in [-0.25, -0.2) is 13.1 Å². The van der Waals surface area contributed by atoms with Crippen LogP contribution in [-0.4, -0.2) is 34.1 Å². The minimum atomic E-state index is -3.56. The van der Waals surface area contributed by atoms with Crippen LogP contribution in [0, 0.1) is 17.8 Å². The lowest BCUT2D eigenvalue weighted by Crippen LogP contribution is -2.40. The summed E-state index contributed by atoms with van der Waals surface area (Å²) < 4.78 is 33.2. The minimum Gasteiger partial charge on any atom is -0.385 e. The maximum absolute atomic E-state index is 12.7. The lowest BCUT2D eigenvalue weighted by Gasteiger charge is -2.28. The van der Waals surface area contributed by atoms with Crippen LogP contribution in [-0.2, 0) is 19.6 Å². The van der Waals surface area contributed by atoms with E-state index in [2.05, 4.69) is 10.0 Å². The van der Waals surface area contributed by atoms with Crippen molar-refractivity contribution in [3.05, 3.63) is 24.3 Å². The zero-order valence-corrected chi connectivity index (χ0v) is 16.9. The quantitative estimate of drug-likeness (QED) is 0.630. The monoisotopic (exact) mass is 394 g/mol. The van der Waals surface area contributed by atoms with Crippen LogP contribution in [0.2, 0.25) is 0 Å². The van der Waals surface area contributed by atoms with Crippen molar-refractivity contribution in [2.24, 2.45) is 17.8 Å². The molecule has 0 aliphatic heterocycles. The average molecular weight is 395 g/mol. The van der Waals surface area contributed by atoms with Crippen LogP contribution in [0.15, 0.2) is 29.2 Å². The van der Waals surface area contributed by atoms with E-state index in [1.807, 2.05) is 6.92 Å². The highest BCUT2D eigenvalue weighted by atomic mass is 32.2. The Kier molecular flexibility index (Phi) is 6.55. The summed E-state index contributed by atoms with van der Waals surface area (Å²) in [6.07, 6.45) is 5.97. The van der Waals surface area contributed by atoms with E-state index in [4.69, 9.17) is 4.74 Å². The molecule has 0 spiro atoms. The number of hydrogen-bond donors (Lipinski definition) is 2. The molecule has 2 aliphatic carbocycles. The summed E-state index contributed by atoms with van der Waals surface area (Å²) in [5.74, 6) is 1.80. The Labute approximate surface area is 162 Å². The molecule has 1 aromatic carbocycles. The molecule has 1 aromatic rings. The molecule has 0 unspecified atom stereocenters. The lowest BCUT2D eigenvalue weighted by molar-refractivity contribution is -0.116. The molecule has 0 radical (unpaired) electrons. The number of carbonyl (C=O) groups excluding carboxylic acids is 1. The number of carbonyl (C=O) groups is 1. The molecule has 2 aliphatic rings. The zero-order valence-electron chi connectivity index (χ0n) is 16.1. The van der Waals surface area contributed by atoms with E-state index < -0.39 is 10.0 Å². The molecule has 3 rings (SSSR count). The number of nitrogens with one attached hydrogen (secondary N) is 2. The van der Waals surface area contributed by atoms with Gasteiger partial charge in [0.15, 0.2) is 0 Å². The smallest absolute Gasteiger partial charge is 0.240 e. The second-order valence-corrected chi connectivity index (χ2v) is 9.63. The van der Waals surface area contributed by atoms with Crippen LogP contribution in [0.5, 0.6) is 0 Å². The normalized spacial score (nSPS) is 25.5. The summed E-state index contributed by atoms with van der Waals surface area (Å²) in [7, 11) is -1.96. The zero-order chi connectivity index (χ0) is 19.4. The highest BCUT2D eigenvalue weighted by molar-refractivity contribution is 7.89. The first-order valence-corrected chi connectivity index (χ1v) is 11.3. The molecular formula is C20H30N2O4S. The average Bonchev–Trinajstić information content (AvgIpc) is 3.25. The van der Waals surface area contributed by atoms with Gasteiger partial charge in [-0.3, -0.25) is 4.79 Å².